The van der Waals surface area contributed by atoms with Crippen molar-refractivity contribution < 1.29 is 29.3 Å². The second kappa shape index (κ2) is 4.46. The molecule has 1 aliphatic carbocycles. The molecule has 0 fully saturated rings. The van der Waals surface area contributed by atoms with Gasteiger partial charge in [0.25, 0.3) is 0 Å². The van der Waals surface area contributed by atoms with Crippen molar-refractivity contribution in [3.63, 3.8) is 0 Å². The van der Waals surface area contributed by atoms with Gasteiger partial charge in [0.15, 0.2) is 6.29 Å². The second-order valence-electron chi connectivity index (χ2n) is 4.24. The van der Waals surface area contributed by atoms with Crippen molar-refractivity contribution in [2.45, 2.75) is 32.2 Å². The molecule has 6 nitrogen and oxygen atoms in total. The quantitative estimate of drug-likeness (QED) is 0.537. The molecular formula is C11H14O6. The average molecular weight is 242 g/mol. The number of carboxylic acids is 1. The van der Waals surface area contributed by atoms with E-state index >= 15 is 0 Å². The van der Waals surface area contributed by atoms with Crippen molar-refractivity contribution >= 4 is 11.9 Å². The van der Waals surface area contributed by atoms with Crippen LogP contribution in [0.3, 0.4) is 0 Å². The first-order valence-electron chi connectivity index (χ1n) is 5.42. The van der Waals surface area contributed by atoms with Gasteiger partial charge in [0.05, 0.1) is 6.61 Å². The molecule has 94 valence electrons. The molecule has 0 radical (unpaired) electrons. The molecule has 0 aromatic rings. The third kappa shape index (κ3) is 2.18. The second-order valence-corrected chi connectivity index (χ2v) is 4.24. The molecule has 0 unspecified atom stereocenters. The summed E-state index contributed by atoms with van der Waals surface area (Å²) in [5.41, 5.74) is 1.51. The molecule has 2 rings (SSSR count). The number of rotatable bonds is 3. The normalized spacial score (nSPS) is 29.1. The number of carboxylic acid groups (broad SMARTS) is 1. The van der Waals surface area contributed by atoms with Crippen LogP contribution >= 0.6 is 0 Å². The number of aliphatic hydroxyl groups is 1. The minimum Gasteiger partial charge on any atom is -0.478 e. The zero-order valence-electron chi connectivity index (χ0n) is 9.38. The molecule has 2 aliphatic rings. The van der Waals surface area contributed by atoms with Gasteiger partial charge in [-0.25, -0.2) is 4.79 Å². The highest BCUT2D eigenvalue weighted by atomic mass is 16.6. The Bertz CT molecular complexity index is 385. The van der Waals surface area contributed by atoms with Gasteiger partial charge in [0.1, 0.15) is 0 Å². The van der Waals surface area contributed by atoms with Crippen molar-refractivity contribution in [1.29, 1.82) is 0 Å². The first kappa shape index (κ1) is 12.1. The first-order valence-corrected chi connectivity index (χ1v) is 5.42. The number of esters is 1. The van der Waals surface area contributed by atoms with E-state index in [2.05, 4.69) is 0 Å². The third-order valence-corrected chi connectivity index (χ3v) is 3.15. The van der Waals surface area contributed by atoms with Gasteiger partial charge in [-0.2, -0.15) is 0 Å². The fourth-order valence-electron chi connectivity index (χ4n) is 2.47. The lowest BCUT2D eigenvalue weighted by atomic mass is 9.94. The molecule has 0 amide bonds. The predicted molar refractivity (Wildman–Crippen MR) is 54.9 cm³/mol. The Kier molecular flexibility index (Phi) is 3.17. The maximum Gasteiger partial charge on any atom is 0.345 e. The van der Waals surface area contributed by atoms with Crippen LogP contribution in [-0.2, 0) is 19.1 Å². The highest BCUT2D eigenvalue weighted by Gasteiger charge is 2.43. The molecular weight excluding hydrogens is 228 g/mol. The van der Waals surface area contributed by atoms with Crippen molar-refractivity contribution in [2.24, 2.45) is 5.92 Å². The molecule has 6 heteroatoms. The summed E-state index contributed by atoms with van der Waals surface area (Å²) in [6.07, 6.45) is -1.05. The van der Waals surface area contributed by atoms with E-state index in [1.807, 2.05) is 0 Å². The average Bonchev–Trinajstić information content (AvgIpc) is 2.78. The Morgan fingerprint density at radius 3 is 2.82 bits per heavy atom. The van der Waals surface area contributed by atoms with Gasteiger partial charge in [-0.3, -0.25) is 4.79 Å². The Hall–Kier alpha value is -1.40. The standard InChI is InChI=1S/C11H14O6/c1-5(12)17-9(10(13)14)7-3-2-6-4-16-11(15)8(6)7/h7,9,11,15H,2-4H2,1H3,(H,13,14)/t7-,9+,11+/m1/s1. The molecule has 0 saturated carbocycles. The van der Waals surface area contributed by atoms with E-state index in [4.69, 9.17) is 14.6 Å². The van der Waals surface area contributed by atoms with Crippen molar-refractivity contribution in [2.75, 3.05) is 6.61 Å². The summed E-state index contributed by atoms with van der Waals surface area (Å²) in [5.74, 6) is -2.32. The van der Waals surface area contributed by atoms with Gasteiger partial charge in [-0.1, -0.05) is 0 Å². The fraction of sp³-hybridized carbons (Fsp3) is 0.636. The van der Waals surface area contributed by atoms with E-state index < -0.39 is 30.3 Å². The topological polar surface area (TPSA) is 93.1 Å². The van der Waals surface area contributed by atoms with E-state index in [1.165, 1.54) is 6.92 Å². The summed E-state index contributed by atoms with van der Waals surface area (Å²) >= 11 is 0. The molecule has 0 saturated heterocycles. The van der Waals surface area contributed by atoms with Gasteiger partial charge < -0.3 is 19.7 Å². The maximum atomic E-state index is 11.1. The SMILES string of the molecule is CC(=O)O[C@H](C(=O)O)[C@@H]1CCC2=C1[C@@H](O)OC2. The van der Waals surface area contributed by atoms with Gasteiger partial charge in [-0.05, 0) is 24.0 Å². The fourth-order valence-corrected chi connectivity index (χ4v) is 2.47. The van der Waals surface area contributed by atoms with Crippen LogP contribution in [0, 0.1) is 5.92 Å². The van der Waals surface area contributed by atoms with Crippen LogP contribution < -0.4 is 0 Å². The maximum absolute atomic E-state index is 11.1. The smallest absolute Gasteiger partial charge is 0.345 e. The van der Waals surface area contributed by atoms with Crippen molar-refractivity contribution in [3.8, 4) is 0 Å². The van der Waals surface area contributed by atoms with Crippen LogP contribution in [0.1, 0.15) is 19.8 Å². The molecule has 17 heavy (non-hydrogen) atoms. The van der Waals surface area contributed by atoms with Crippen LogP contribution in [0.5, 0.6) is 0 Å². The van der Waals surface area contributed by atoms with E-state index in [0.717, 1.165) is 5.57 Å². The molecule has 2 N–H and O–H groups in total. The van der Waals surface area contributed by atoms with Crippen LogP contribution in [0.4, 0.5) is 0 Å². The Morgan fingerprint density at radius 1 is 1.53 bits per heavy atom. The van der Waals surface area contributed by atoms with Gasteiger partial charge in [0.2, 0.25) is 6.10 Å². The molecule has 0 aromatic heterocycles. The highest BCUT2D eigenvalue weighted by Crippen LogP contribution is 2.41. The number of ether oxygens (including phenoxy) is 2. The first-order chi connectivity index (χ1) is 8.00. The summed E-state index contributed by atoms with van der Waals surface area (Å²) in [7, 11) is 0. The van der Waals surface area contributed by atoms with E-state index in [1.54, 1.807) is 0 Å². The zero-order chi connectivity index (χ0) is 12.6. The van der Waals surface area contributed by atoms with E-state index in [0.29, 0.717) is 25.0 Å². The minimum absolute atomic E-state index is 0.333. The van der Waals surface area contributed by atoms with Gasteiger partial charge in [-0.15, -0.1) is 0 Å². The minimum atomic E-state index is -1.24. The van der Waals surface area contributed by atoms with E-state index in [9.17, 15) is 14.7 Å². The van der Waals surface area contributed by atoms with E-state index in [-0.39, 0.29) is 0 Å². The number of carbonyl (C=O) groups excluding carboxylic acids is 1. The van der Waals surface area contributed by atoms with Crippen molar-refractivity contribution in [1.82, 2.24) is 0 Å². The lowest BCUT2D eigenvalue weighted by molar-refractivity contribution is -0.166. The summed E-state index contributed by atoms with van der Waals surface area (Å²) in [6.45, 7) is 1.50. The number of carbonyl (C=O) groups is 2. The molecule has 3 atom stereocenters. The van der Waals surface area contributed by atoms with Crippen molar-refractivity contribution in [3.05, 3.63) is 11.1 Å². The number of aliphatic carboxylic acids is 1. The van der Waals surface area contributed by atoms with Crippen LogP contribution in [-0.4, -0.2) is 41.2 Å². The third-order valence-electron chi connectivity index (χ3n) is 3.15. The predicted octanol–water partition coefficient (Wildman–Crippen LogP) is 0.0579. The summed E-state index contributed by atoms with van der Waals surface area (Å²) < 4.78 is 9.85. The Balaban J connectivity index is 2.20. The van der Waals surface area contributed by atoms with Crippen LogP contribution in [0.15, 0.2) is 11.1 Å². The zero-order valence-corrected chi connectivity index (χ0v) is 9.38. The number of hydrogen-bond donors (Lipinski definition) is 2. The summed E-state index contributed by atoms with van der Waals surface area (Å²) in [4.78, 5) is 22.0. The van der Waals surface area contributed by atoms with Crippen LogP contribution in [0.25, 0.3) is 0 Å². The number of hydrogen-bond acceptors (Lipinski definition) is 5. The van der Waals surface area contributed by atoms with Crippen LogP contribution in [0.2, 0.25) is 0 Å². The Morgan fingerprint density at radius 2 is 2.24 bits per heavy atom. The van der Waals surface area contributed by atoms with Gasteiger partial charge >= 0.3 is 11.9 Å². The molecule has 0 bridgehead atoms. The summed E-state index contributed by atoms with van der Waals surface area (Å²) in [5, 5.41) is 18.7. The summed E-state index contributed by atoms with van der Waals surface area (Å²) in [6, 6.07) is 0. The highest BCUT2D eigenvalue weighted by molar-refractivity contribution is 5.78. The number of aliphatic hydroxyl groups excluding tert-OH is 1. The van der Waals surface area contributed by atoms with Gasteiger partial charge in [0, 0.05) is 12.8 Å². The lowest BCUT2D eigenvalue weighted by Gasteiger charge is -2.23. The Labute approximate surface area is 97.8 Å². The lowest BCUT2D eigenvalue weighted by Crippen LogP contribution is -2.36. The molecule has 0 aromatic carbocycles. The monoisotopic (exact) mass is 242 g/mol. The molecule has 1 heterocycles. The molecule has 1 aliphatic heterocycles. The molecule has 0 spiro atoms. The largest absolute Gasteiger partial charge is 0.478 e.